The number of benzene rings is 4. The van der Waals surface area contributed by atoms with E-state index in [1.54, 1.807) is 13.8 Å². The molecule has 2 heterocycles. The molecule has 0 fully saturated rings. The van der Waals surface area contributed by atoms with Gasteiger partial charge in [0.15, 0.2) is 17.2 Å². The van der Waals surface area contributed by atoms with Crippen molar-refractivity contribution in [2.75, 3.05) is 21.3 Å². The molecule has 19 heteroatoms. The second-order valence-electron chi connectivity index (χ2n) is 13.6. The quantitative estimate of drug-likeness (QED) is 0.0581. The number of aromatic amines is 1. The minimum absolute atomic E-state index is 0.0234. The van der Waals surface area contributed by atoms with Crippen molar-refractivity contribution in [1.82, 2.24) is 25.7 Å². The summed E-state index contributed by atoms with van der Waals surface area (Å²) >= 11 is 0. The van der Waals surface area contributed by atoms with Gasteiger partial charge in [0, 0.05) is 28.9 Å². The van der Waals surface area contributed by atoms with Gasteiger partial charge in [0.1, 0.15) is 11.7 Å². The van der Waals surface area contributed by atoms with Crippen molar-refractivity contribution in [3.63, 3.8) is 0 Å². The summed E-state index contributed by atoms with van der Waals surface area (Å²) in [5, 5.41) is 43.7. The zero-order valence-electron chi connectivity index (χ0n) is 32.8. The molecule has 0 spiro atoms. The number of pyridine rings is 1. The number of H-pyrrole nitrogens is 1. The normalized spacial score (nSPS) is 11.1. The predicted molar refractivity (Wildman–Crippen MR) is 224 cm³/mol. The third-order valence-electron chi connectivity index (χ3n) is 8.79. The number of carbonyl (C=O) groups excluding carboxylic acids is 5. The highest BCUT2D eigenvalue weighted by atomic mass is 16.5. The van der Waals surface area contributed by atoms with Gasteiger partial charge in [0.05, 0.1) is 53.3 Å². The standard InChI is InChI=1S/C43H36N10O9/c1-23(2)62-37-33(19-17-32(36(37)54)40(57)48-29-14-8-26(9-15-29)43(60)61)50-41(58)34-18-16-30(21-45-34)49-42(59)35(20-31-22-46-53-52-31)51-39(56)25-6-12-28(13-7-25)47-38(55)24-4-10-27(44-3)11-5-24/h4-19,21-23,35,54H,20H2,1-2H3,(H,47,55)(H,48,57)(H,49,59)(H,50,58)(H,51,56)(H,60,61)(H,46,52,53)/t35-/m0/s1. The van der Waals surface area contributed by atoms with Crippen molar-refractivity contribution in [3.8, 4) is 11.5 Å². The Morgan fingerprint density at radius 1 is 0.710 bits per heavy atom. The summed E-state index contributed by atoms with van der Waals surface area (Å²) in [7, 11) is 0. The van der Waals surface area contributed by atoms with Crippen LogP contribution >= 0.6 is 0 Å². The van der Waals surface area contributed by atoms with Gasteiger partial charge < -0.3 is 41.5 Å². The van der Waals surface area contributed by atoms with Crippen LogP contribution in [0.1, 0.15) is 71.5 Å². The van der Waals surface area contributed by atoms with Crippen molar-refractivity contribution < 1.29 is 43.7 Å². The molecule has 0 bridgehead atoms. The monoisotopic (exact) mass is 836 g/mol. The van der Waals surface area contributed by atoms with Gasteiger partial charge >= 0.3 is 5.97 Å². The van der Waals surface area contributed by atoms with Crippen LogP contribution in [0.3, 0.4) is 0 Å². The van der Waals surface area contributed by atoms with E-state index in [1.807, 2.05) is 0 Å². The summed E-state index contributed by atoms with van der Waals surface area (Å²) in [4.78, 5) is 84.5. The fourth-order valence-corrected chi connectivity index (χ4v) is 5.70. The van der Waals surface area contributed by atoms with Crippen molar-refractivity contribution >= 4 is 63.9 Å². The minimum Gasteiger partial charge on any atom is -0.504 e. The molecule has 0 radical (unpaired) electrons. The third-order valence-corrected chi connectivity index (χ3v) is 8.79. The van der Waals surface area contributed by atoms with Crippen LogP contribution < -0.4 is 31.3 Å². The van der Waals surface area contributed by atoms with E-state index >= 15 is 0 Å². The molecule has 312 valence electrons. The Morgan fingerprint density at radius 2 is 1.32 bits per heavy atom. The number of aromatic carboxylic acids is 1. The van der Waals surface area contributed by atoms with E-state index in [2.05, 4.69) is 51.8 Å². The summed E-state index contributed by atoms with van der Waals surface area (Å²) in [5.74, 6) is -4.96. The van der Waals surface area contributed by atoms with Crippen molar-refractivity contribution in [2.24, 2.45) is 0 Å². The summed E-state index contributed by atoms with van der Waals surface area (Å²) in [5.41, 5.74) is 1.97. The first-order valence-electron chi connectivity index (χ1n) is 18.6. The smallest absolute Gasteiger partial charge is 0.335 e. The number of carbonyl (C=O) groups is 6. The minimum atomic E-state index is -1.15. The van der Waals surface area contributed by atoms with Crippen LogP contribution in [0.5, 0.6) is 11.5 Å². The van der Waals surface area contributed by atoms with E-state index in [9.17, 15) is 33.9 Å². The molecule has 0 aliphatic rings. The van der Waals surface area contributed by atoms with E-state index < -0.39 is 53.4 Å². The number of hydrogen-bond acceptors (Lipinski definition) is 11. The maximum atomic E-state index is 13.5. The van der Waals surface area contributed by atoms with Gasteiger partial charge in [-0.25, -0.2) is 14.6 Å². The van der Waals surface area contributed by atoms with Gasteiger partial charge in [-0.15, -0.1) is 0 Å². The molecule has 6 rings (SSSR count). The molecule has 5 amide bonds. The maximum Gasteiger partial charge on any atom is 0.335 e. The molecule has 8 N–H and O–H groups in total. The number of rotatable bonds is 15. The van der Waals surface area contributed by atoms with Crippen molar-refractivity contribution in [3.05, 3.63) is 155 Å². The van der Waals surface area contributed by atoms with Crippen LogP contribution in [0, 0.1) is 6.57 Å². The molecule has 0 saturated heterocycles. The highest BCUT2D eigenvalue weighted by molar-refractivity contribution is 6.09. The number of phenols is 1. The number of aromatic hydroxyl groups is 1. The van der Waals surface area contributed by atoms with Crippen LogP contribution in [0.4, 0.5) is 28.4 Å². The van der Waals surface area contributed by atoms with E-state index in [1.165, 1.54) is 109 Å². The highest BCUT2D eigenvalue weighted by Crippen LogP contribution is 2.39. The lowest BCUT2D eigenvalue weighted by molar-refractivity contribution is -0.118. The molecular formula is C43H36N10O9. The lowest BCUT2D eigenvalue weighted by Crippen LogP contribution is -2.45. The van der Waals surface area contributed by atoms with Crippen LogP contribution in [0.25, 0.3) is 4.85 Å². The first kappa shape index (κ1) is 42.7. The number of hydrogen-bond donors (Lipinski definition) is 8. The number of carboxylic acids is 1. The zero-order chi connectivity index (χ0) is 44.3. The molecule has 0 aliphatic carbocycles. The maximum absolute atomic E-state index is 13.5. The molecule has 6 aromatic rings. The van der Waals surface area contributed by atoms with Crippen molar-refractivity contribution in [1.29, 1.82) is 0 Å². The van der Waals surface area contributed by atoms with Gasteiger partial charge in [-0.05, 0) is 86.6 Å². The third kappa shape index (κ3) is 10.8. The molecule has 19 nitrogen and oxygen atoms in total. The number of phenolic OH excluding ortho intramolecular Hbond substituents is 1. The number of nitrogens with zero attached hydrogens (tertiary/aromatic N) is 4. The Kier molecular flexibility index (Phi) is 13.2. The molecule has 2 aromatic heterocycles. The SMILES string of the molecule is [C-]#[N+]c1ccc(C(=O)Nc2ccc(C(=O)N[C@@H](Cc3cn[nH]n3)C(=O)Nc3ccc(C(=O)Nc4ccc(C(=O)Nc5ccc(C(=O)O)cc5)c(O)c4OC(C)C)nc3)cc2)cc1. The van der Waals surface area contributed by atoms with Crippen molar-refractivity contribution in [2.45, 2.75) is 32.4 Å². The number of aromatic nitrogens is 4. The largest absolute Gasteiger partial charge is 0.504 e. The molecule has 4 aromatic carbocycles. The van der Waals surface area contributed by atoms with Gasteiger partial charge in [-0.1, -0.05) is 24.3 Å². The molecule has 62 heavy (non-hydrogen) atoms. The van der Waals surface area contributed by atoms with Gasteiger partial charge in [0.2, 0.25) is 5.91 Å². The molecule has 0 saturated carbocycles. The molecule has 0 aliphatic heterocycles. The summed E-state index contributed by atoms with van der Waals surface area (Å²) in [6.45, 7) is 10.4. The Balaban J connectivity index is 1.10. The molecule has 0 unspecified atom stereocenters. The molecule has 1 atom stereocenters. The fraction of sp³-hybridized carbons (Fsp3) is 0.116. The number of ether oxygens (including phenoxy) is 1. The Hall–Kier alpha value is -8.92. The lowest BCUT2D eigenvalue weighted by atomic mass is 10.1. The average Bonchev–Trinajstić information content (AvgIpc) is 3.78. The first-order valence-corrected chi connectivity index (χ1v) is 18.6. The summed E-state index contributed by atoms with van der Waals surface area (Å²) in [6.07, 6.45) is 2.10. The number of amides is 5. The lowest BCUT2D eigenvalue weighted by Gasteiger charge is -2.19. The highest BCUT2D eigenvalue weighted by Gasteiger charge is 2.25. The van der Waals surface area contributed by atoms with Gasteiger partial charge in [-0.3, -0.25) is 24.0 Å². The predicted octanol–water partition coefficient (Wildman–Crippen LogP) is 5.68. The van der Waals surface area contributed by atoms with Gasteiger partial charge in [-0.2, -0.15) is 15.4 Å². The second kappa shape index (κ2) is 19.2. The fourth-order valence-electron chi connectivity index (χ4n) is 5.70. The Labute approximate surface area is 352 Å². The number of anilines is 4. The van der Waals surface area contributed by atoms with E-state index in [0.29, 0.717) is 22.6 Å². The average molecular weight is 837 g/mol. The van der Waals surface area contributed by atoms with Crippen LogP contribution in [-0.2, 0) is 11.2 Å². The zero-order valence-corrected chi connectivity index (χ0v) is 32.8. The first-order chi connectivity index (χ1) is 29.8. The van der Waals surface area contributed by atoms with Crippen LogP contribution in [0.2, 0.25) is 0 Å². The van der Waals surface area contributed by atoms with Crippen LogP contribution in [0.15, 0.2) is 109 Å². The van der Waals surface area contributed by atoms with Crippen LogP contribution in [-0.4, -0.2) is 78.3 Å². The topological polar surface area (TPSA) is 271 Å². The summed E-state index contributed by atoms with van der Waals surface area (Å²) in [6, 6.07) is 21.8. The number of carboxylic acid groups (broad SMARTS) is 1. The van der Waals surface area contributed by atoms with E-state index in [4.69, 9.17) is 16.4 Å². The van der Waals surface area contributed by atoms with E-state index in [-0.39, 0.29) is 51.6 Å². The molecular weight excluding hydrogens is 801 g/mol. The summed E-state index contributed by atoms with van der Waals surface area (Å²) < 4.78 is 5.77. The number of nitrogens with one attached hydrogen (secondary N) is 6. The Bertz CT molecular complexity index is 2660. The second-order valence-corrected chi connectivity index (χ2v) is 13.6. The van der Waals surface area contributed by atoms with E-state index in [0.717, 1.165) is 0 Å². The van der Waals surface area contributed by atoms with Gasteiger partial charge in [0.25, 0.3) is 23.6 Å². The Morgan fingerprint density at radius 3 is 1.90 bits per heavy atom.